The van der Waals surface area contributed by atoms with Crippen LogP contribution < -0.4 is 10.3 Å². The summed E-state index contributed by atoms with van der Waals surface area (Å²) >= 11 is 6.91. The van der Waals surface area contributed by atoms with Crippen LogP contribution in [0.25, 0.3) is 27.0 Å². The van der Waals surface area contributed by atoms with E-state index in [2.05, 4.69) is 4.98 Å². The molecule has 124 valence electrons. The van der Waals surface area contributed by atoms with Crippen LogP contribution in [0.2, 0.25) is 0 Å². The highest BCUT2D eigenvalue weighted by Crippen LogP contribution is 2.30. The first-order chi connectivity index (χ1) is 12.2. The van der Waals surface area contributed by atoms with Crippen LogP contribution in [0.1, 0.15) is 0 Å². The van der Waals surface area contributed by atoms with Gasteiger partial charge in [-0.25, -0.2) is 0 Å². The number of rotatable bonds is 3. The molecule has 2 heterocycles. The fourth-order valence-electron chi connectivity index (χ4n) is 2.82. The zero-order valence-electron chi connectivity index (χ0n) is 13.4. The van der Waals surface area contributed by atoms with Crippen molar-refractivity contribution in [3.63, 3.8) is 0 Å². The molecular formula is C19H14N2O2S2. The zero-order chi connectivity index (χ0) is 17.4. The Morgan fingerprint density at radius 3 is 2.48 bits per heavy atom. The largest absolute Gasteiger partial charge is 0.497 e. The summed E-state index contributed by atoms with van der Waals surface area (Å²) in [6, 6.07) is 17.2. The molecule has 0 spiro atoms. The van der Waals surface area contributed by atoms with Crippen molar-refractivity contribution in [2.24, 2.45) is 0 Å². The number of thiophene rings is 1. The number of aromatic amines is 1. The van der Waals surface area contributed by atoms with Crippen LogP contribution in [0.5, 0.6) is 5.75 Å². The van der Waals surface area contributed by atoms with Crippen molar-refractivity contribution in [2.75, 3.05) is 7.11 Å². The van der Waals surface area contributed by atoms with Crippen molar-refractivity contribution in [3.8, 4) is 22.6 Å². The molecule has 0 aliphatic heterocycles. The van der Waals surface area contributed by atoms with Gasteiger partial charge in [-0.1, -0.05) is 30.3 Å². The van der Waals surface area contributed by atoms with Crippen LogP contribution in [0, 0.1) is 4.77 Å². The molecule has 0 saturated heterocycles. The first-order valence-electron chi connectivity index (χ1n) is 7.65. The highest BCUT2D eigenvalue weighted by atomic mass is 32.1. The number of hydrogen-bond acceptors (Lipinski definition) is 4. The van der Waals surface area contributed by atoms with Gasteiger partial charge in [-0.3, -0.25) is 9.36 Å². The van der Waals surface area contributed by atoms with Crippen LogP contribution in [-0.4, -0.2) is 16.7 Å². The summed E-state index contributed by atoms with van der Waals surface area (Å²) in [6.07, 6.45) is 0. The van der Waals surface area contributed by atoms with Gasteiger partial charge in [0.25, 0.3) is 5.56 Å². The Morgan fingerprint density at radius 1 is 1.08 bits per heavy atom. The molecule has 4 nitrogen and oxygen atoms in total. The summed E-state index contributed by atoms with van der Waals surface area (Å²) in [5, 5.41) is 2.64. The quantitative estimate of drug-likeness (QED) is 0.531. The SMILES string of the molecule is COc1ccc(-n2c(=S)[nH]c3scc(-c4ccccc4)c3c2=O)cc1. The van der Waals surface area contributed by atoms with Crippen LogP contribution in [-0.2, 0) is 0 Å². The van der Waals surface area contributed by atoms with Crippen molar-refractivity contribution in [1.29, 1.82) is 0 Å². The maximum Gasteiger partial charge on any atom is 0.268 e. The molecule has 1 N–H and O–H groups in total. The van der Waals surface area contributed by atoms with Crippen molar-refractivity contribution in [2.45, 2.75) is 0 Å². The second-order valence-corrected chi connectivity index (χ2v) is 6.75. The van der Waals surface area contributed by atoms with E-state index in [1.165, 1.54) is 15.9 Å². The number of methoxy groups -OCH3 is 1. The molecule has 25 heavy (non-hydrogen) atoms. The second kappa shape index (κ2) is 6.31. The minimum atomic E-state index is -0.121. The Bertz CT molecular complexity index is 1160. The summed E-state index contributed by atoms with van der Waals surface area (Å²) in [5.41, 5.74) is 2.51. The molecule has 4 rings (SSSR count). The second-order valence-electron chi connectivity index (χ2n) is 5.49. The molecule has 2 aromatic carbocycles. The number of benzene rings is 2. The number of nitrogens with one attached hydrogen (secondary N) is 1. The first-order valence-corrected chi connectivity index (χ1v) is 8.94. The van der Waals surface area contributed by atoms with E-state index >= 15 is 0 Å². The molecule has 0 amide bonds. The highest BCUT2D eigenvalue weighted by molar-refractivity contribution is 7.71. The predicted molar refractivity (Wildman–Crippen MR) is 105 cm³/mol. The van der Waals surface area contributed by atoms with E-state index in [4.69, 9.17) is 17.0 Å². The minimum absolute atomic E-state index is 0.121. The Morgan fingerprint density at radius 2 is 1.80 bits per heavy atom. The topological polar surface area (TPSA) is 47.0 Å². The zero-order valence-corrected chi connectivity index (χ0v) is 15.0. The number of H-pyrrole nitrogens is 1. The smallest absolute Gasteiger partial charge is 0.268 e. The Balaban J connectivity index is 2.00. The third-order valence-electron chi connectivity index (χ3n) is 4.05. The van der Waals surface area contributed by atoms with Gasteiger partial charge in [0.2, 0.25) is 0 Å². The number of fused-ring (bicyclic) bond motifs is 1. The van der Waals surface area contributed by atoms with Crippen LogP contribution in [0.15, 0.2) is 64.8 Å². The Hall–Kier alpha value is -2.70. The summed E-state index contributed by atoms with van der Waals surface area (Å²) in [5.74, 6) is 0.730. The van der Waals surface area contributed by atoms with Gasteiger partial charge in [0.1, 0.15) is 10.6 Å². The van der Waals surface area contributed by atoms with Gasteiger partial charge >= 0.3 is 0 Å². The maximum atomic E-state index is 13.2. The monoisotopic (exact) mass is 366 g/mol. The van der Waals surface area contributed by atoms with Crippen LogP contribution >= 0.6 is 23.6 Å². The molecule has 0 saturated carbocycles. The third-order valence-corrected chi connectivity index (χ3v) is 5.23. The molecule has 2 aromatic heterocycles. The lowest BCUT2D eigenvalue weighted by molar-refractivity contribution is 0.414. The fourth-order valence-corrected chi connectivity index (χ4v) is 4.13. The third kappa shape index (κ3) is 2.69. The molecule has 0 bridgehead atoms. The van der Waals surface area contributed by atoms with Gasteiger partial charge in [0, 0.05) is 10.9 Å². The molecule has 0 aliphatic carbocycles. The predicted octanol–water partition coefficient (Wildman–Crippen LogP) is 4.79. The molecular weight excluding hydrogens is 352 g/mol. The van der Waals surface area contributed by atoms with E-state index < -0.39 is 0 Å². The van der Waals surface area contributed by atoms with Crippen molar-refractivity contribution >= 4 is 33.8 Å². The van der Waals surface area contributed by atoms with E-state index in [0.717, 1.165) is 21.7 Å². The molecule has 4 aromatic rings. The fraction of sp³-hybridized carbons (Fsp3) is 0.0526. The van der Waals surface area contributed by atoms with E-state index in [0.29, 0.717) is 15.8 Å². The number of aromatic nitrogens is 2. The van der Waals surface area contributed by atoms with Crippen LogP contribution in [0.3, 0.4) is 0 Å². The molecule has 0 atom stereocenters. The van der Waals surface area contributed by atoms with Gasteiger partial charge in [0.15, 0.2) is 4.77 Å². The van der Waals surface area contributed by atoms with E-state index in [-0.39, 0.29) is 5.56 Å². The van der Waals surface area contributed by atoms with Gasteiger partial charge in [-0.2, -0.15) is 0 Å². The molecule has 0 radical (unpaired) electrons. The van der Waals surface area contributed by atoms with Crippen molar-refractivity contribution in [1.82, 2.24) is 9.55 Å². The minimum Gasteiger partial charge on any atom is -0.497 e. The van der Waals surface area contributed by atoms with Crippen molar-refractivity contribution < 1.29 is 4.74 Å². The summed E-state index contributed by atoms with van der Waals surface area (Å²) < 4.78 is 7.08. The molecule has 0 aliphatic rings. The van der Waals surface area contributed by atoms with Crippen LogP contribution in [0.4, 0.5) is 0 Å². The number of hydrogen-bond donors (Lipinski definition) is 1. The first kappa shape index (κ1) is 15.8. The Kier molecular flexibility index (Phi) is 3.99. The van der Waals surface area contributed by atoms with E-state index in [9.17, 15) is 4.79 Å². The average molecular weight is 366 g/mol. The van der Waals surface area contributed by atoms with E-state index in [1.54, 1.807) is 7.11 Å². The summed E-state index contributed by atoms with van der Waals surface area (Å²) in [7, 11) is 1.61. The lowest BCUT2D eigenvalue weighted by atomic mass is 10.1. The summed E-state index contributed by atoms with van der Waals surface area (Å²) in [6.45, 7) is 0. The molecule has 0 fully saturated rings. The number of nitrogens with zero attached hydrogens (tertiary/aromatic N) is 1. The van der Waals surface area contributed by atoms with Gasteiger partial charge in [-0.15, -0.1) is 11.3 Å². The Labute approximate surface area is 153 Å². The van der Waals surface area contributed by atoms with E-state index in [1.807, 2.05) is 60.0 Å². The average Bonchev–Trinajstić information content (AvgIpc) is 3.07. The van der Waals surface area contributed by atoms with Gasteiger partial charge in [-0.05, 0) is 42.0 Å². The molecule has 0 unspecified atom stereocenters. The van der Waals surface area contributed by atoms with Gasteiger partial charge < -0.3 is 9.72 Å². The standard InChI is InChI=1S/C19H14N2O2S2/c1-23-14-9-7-13(8-10-14)21-18(22)16-15(12-5-3-2-4-6-12)11-25-17(16)20-19(21)24/h2-11H,1H3,(H,20,24). The lowest BCUT2D eigenvalue weighted by Crippen LogP contribution is -2.20. The summed E-state index contributed by atoms with van der Waals surface area (Å²) in [4.78, 5) is 17.2. The number of ether oxygens (including phenoxy) is 1. The normalized spacial score (nSPS) is 10.9. The van der Waals surface area contributed by atoms with Crippen molar-refractivity contribution in [3.05, 3.63) is 75.1 Å². The van der Waals surface area contributed by atoms with Gasteiger partial charge in [0.05, 0.1) is 18.2 Å². The molecule has 6 heteroatoms. The lowest BCUT2D eigenvalue weighted by Gasteiger charge is -2.08. The highest BCUT2D eigenvalue weighted by Gasteiger charge is 2.14. The maximum absolute atomic E-state index is 13.2.